The lowest BCUT2D eigenvalue weighted by Crippen LogP contribution is -2.09. The Morgan fingerprint density at radius 2 is 2.00 bits per heavy atom. The molecule has 0 radical (unpaired) electrons. The van der Waals surface area contributed by atoms with Crippen LogP contribution < -0.4 is 15.0 Å². The molecule has 0 aliphatic rings. The van der Waals surface area contributed by atoms with Crippen LogP contribution in [-0.4, -0.2) is 37.1 Å². The molecule has 28 heavy (non-hydrogen) atoms. The van der Waals surface area contributed by atoms with E-state index in [-0.39, 0.29) is 5.91 Å². The lowest BCUT2D eigenvalue weighted by molar-refractivity contribution is 0.103. The number of carbonyl (C=O) groups excluding carboxylic acids is 1. The van der Waals surface area contributed by atoms with Gasteiger partial charge in [-0.15, -0.1) is 22.7 Å². The minimum Gasteiger partial charge on any atom is -0.496 e. The number of methoxy groups -OCH3 is 1. The van der Waals surface area contributed by atoms with E-state index in [0.717, 1.165) is 37.2 Å². The Labute approximate surface area is 174 Å². The van der Waals surface area contributed by atoms with E-state index >= 15 is 0 Å². The minimum atomic E-state index is -0.168. The first-order valence-corrected chi connectivity index (χ1v) is 11.0. The predicted octanol–water partition coefficient (Wildman–Crippen LogP) is 5.12. The second kappa shape index (κ2) is 7.50. The number of hydrogen-bond donors (Lipinski definition) is 1. The number of hydrogen-bond acceptors (Lipinski definition) is 8. The molecule has 0 aliphatic carbocycles. The van der Waals surface area contributed by atoms with Gasteiger partial charge in [0.15, 0.2) is 10.3 Å². The van der Waals surface area contributed by atoms with E-state index in [1.807, 2.05) is 55.6 Å². The smallest absolute Gasteiger partial charge is 0.267 e. The van der Waals surface area contributed by atoms with Gasteiger partial charge < -0.3 is 9.64 Å². The summed E-state index contributed by atoms with van der Waals surface area (Å²) in [6.07, 6.45) is 0. The molecular weight excluding hydrogens is 412 g/mol. The zero-order chi connectivity index (χ0) is 19.8. The van der Waals surface area contributed by atoms with E-state index in [9.17, 15) is 4.79 Å². The standard InChI is InChI=1S/C19H18N4O2S3/c1-10-5-6-13(25-4)11(7-10)12-9-26-18(20-12)21-16(24)14-8-15-17(27-14)22-19(28-15)23(2)3/h5-9H,1-4H3,(H,20,21,24). The molecule has 0 spiro atoms. The van der Waals surface area contributed by atoms with Gasteiger partial charge in [-0.3, -0.25) is 10.1 Å². The molecule has 0 fully saturated rings. The average Bonchev–Trinajstić information content (AvgIpc) is 3.36. The number of benzene rings is 1. The predicted molar refractivity (Wildman–Crippen MR) is 119 cm³/mol. The number of rotatable bonds is 5. The van der Waals surface area contributed by atoms with Crippen LogP contribution in [-0.2, 0) is 0 Å². The summed E-state index contributed by atoms with van der Waals surface area (Å²) in [6.45, 7) is 2.02. The number of ether oxygens (including phenoxy) is 1. The van der Waals surface area contributed by atoms with Crippen molar-refractivity contribution >= 4 is 59.7 Å². The van der Waals surface area contributed by atoms with E-state index < -0.39 is 0 Å². The summed E-state index contributed by atoms with van der Waals surface area (Å²) in [4.78, 5) is 25.2. The first-order valence-electron chi connectivity index (χ1n) is 8.44. The van der Waals surface area contributed by atoms with Crippen molar-refractivity contribution in [3.63, 3.8) is 0 Å². The fourth-order valence-corrected chi connectivity index (χ4v) is 5.40. The maximum Gasteiger partial charge on any atom is 0.267 e. The number of carbonyl (C=O) groups is 1. The number of thiazole rings is 2. The molecule has 144 valence electrons. The quantitative estimate of drug-likeness (QED) is 0.476. The van der Waals surface area contributed by atoms with Gasteiger partial charge in [-0.25, -0.2) is 9.97 Å². The van der Waals surface area contributed by atoms with Crippen LogP contribution in [0.4, 0.5) is 10.3 Å². The van der Waals surface area contributed by atoms with Gasteiger partial charge in [0, 0.05) is 25.0 Å². The second-order valence-electron chi connectivity index (χ2n) is 6.37. The Hall–Kier alpha value is -2.49. The zero-order valence-corrected chi connectivity index (χ0v) is 18.2. The van der Waals surface area contributed by atoms with Gasteiger partial charge in [-0.2, -0.15) is 0 Å². The largest absolute Gasteiger partial charge is 0.496 e. The number of nitrogens with one attached hydrogen (secondary N) is 1. The molecule has 0 aliphatic heterocycles. The molecule has 0 saturated carbocycles. The lowest BCUT2D eigenvalue weighted by atomic mass is 10.1. The van der Waals surface area contributed by atoms with Crippen LogP contribution in [0.15, 0.2) is 29.6 Å². The Morgan fingerprint density at radius 1 is 1.18 bits per heavy atom. The van der Waals surface area contributed by atoms with Crippen molar-refractivity contribution in [2.45, 2.75) is 6.92 Å². The average molecular weight is 431 g/mol. The summed E-state index contributed by atoms with van der Waals surface area (Å²) in [5.74, 6) is 0.591. The van der Waals surface area contributed by atoms with E-state index in [0.29, 0.717) is 10.0 Å². The fraction of sp³-hybridized carbons (Fsp3) is 0.211. The molecule has 0 atom stereocenters. The third kappa shape index (κ3) is 3.60. The van der Waals surface area contributed by atoms with Crippen LogP contribution in [0.5, 0.6) is 5.75 Å². The summed E-state index contributed by atoms with van der Waals surface area (Å²) in [7, 11) is 5.56. The molecule has 1 aromatic carbocycles. The van der Waals surface area contributed by atoms with Crippen molar-refractivity contribution in [3.05, 3.63) is 40.1 Å². The van der Waals surface area contributed by atoms with Crippen LogP contribution >= 0.6 is 34.0 Å². The van der Waals surface area contributed by atoms with Gasteiger partial charge in [0.25, 0.3) is 5.91 Å². The number of nitrogens with zero attached hydrogens (tertiary/aromatic N) is 3. The molecule has 1 amide bonds. The summed E-state index contributed by atoms with van der Waals surface area (Å²) in [5, 5.41) is 6.31. The van der Waals surface area contributed by atoms with Gasteiger partial charge >= 0.3 is 0 Å². The highest BCUT2D eigenvalue weighted by atomic mass is 32.1. The van der Waals surface area contributed by atoms with Crippen molar-refractivity contribution in [2.24, 2.45) is 0 Å². The van der Waals surface area contributed by atoms with Crippen LogP contribution in [0, 0.1) is 6.92 Å². The van der Waals surface area contributed by atoms with E-state index in [4.69, 9.17) is 4.74 Å². The third-order valence-corrected chi connectivity index (χ3v) is 7.12. The van der Waals surface area contributed by atoms with Gasteiger partial charge in [-0.05, 0) is 25.1 Å². The Morgan fingerprint density at radius 3 is 2.71 bits per heavy atom. The highest BCUT2D eigenvalue weighted by molar-refractivity contribution is 7.29. The molecule has 1 N–H and O–H groups in total. The molecule has 4 aromatic rings. The SMILES string of the molecule is COc1ccc(C)cc1-c1csc(NC(=O)c2cc3sc(N(C)C)nc3s2)n1. The number of anilines is 2. The van der Waals surface area contributed by atoms with Crippen molar-refractivity contribution in [2.75, 3.05) is 31.4 Å². The number of fused-ring (bicyclic) bond motifs is 1. The van der Waals surface area contributed by atoms with Crippen LogP contribution in [0.3, 0.4) is 0 Å². The molecule has 4 rings (SSSR count). The van der Waals surface area contributed by atoms with Gasteiger partial charge in [0.05, 0.1) is 22.4 Å². The van der Waals surface area contributed by atoms with Gasteiger partial charge in [-0.1, -0.05) is 23.0 Å². The normalized spacial score (nSPS) is 11.0. The third-order valence-electron chi connectivity index (χ3n) is 4.04. The number of aryl methyl sites for hydroxylation is 1. The molecule has 6 nitrogen and oxygen atoms in total. The summed E-state index contributed by atoms with van der Waals surface area (Å²) in [5.41, 5.74) is 2.82. The van der Waals surface area contributed by atoms with E-state index in [1.165, 1.54) is 22.7 Å². The van der Waals surface area contributed by atoms with Crippen LogP contribution in [0.25, 0.3) is 20.8 Å². The molecule has 9 heteroatoms. The Balaban J connectivity index is 1.54. The highest BCUT2D eigenvalue weighted by Gasteiger charge is 2.17. The first-order chi connectivity index (χ1) is 13.4. The maximum absolute atomic E-state index is 12.6. The van der Waals surface area contributed by atoms with E-state index in [2.05, 4.69) is 15.3 Å². The Kier molecular flexibility index (Phi) is 5.05. The van der Waals surface area contributed by atoms with E-state index in [1.54, 1.807) is 18.4 Å². The number of amides is 1. The van der Waals surface area contributed by atoms with Crippen molar-refractivity contribution in [1.82, 2.24) is 9.97 Å². The van der Waals surface area contributed by atoms with Crippen LogP contribution in [0.1, 0.15) is 15.2 Å². The molecular formula is C19H18N4O2S3. The monoisotopic (exact) mass is 430 g/mol. The maximum atomic E-state index is 12.6. The lowest BCUT2D eigenvalue weighted by Gasteiger charge is -2.07. The van der Waals surface area contributed by atoms with Crippen molar-refractivity contribution in [1.29, 1.82) is 0 Å². The number of aromatic nitrogens is 2. The fourth-order valence-electron chi connectivity index (χ4n) is 2.66. The number of thiophene rings is 1. The second-order valence-corrected chi connectivity index (χ2v) is 9.26. The van der Waals surface area contributed by atoms with Gasteiger partial charge in [0.2, 0.25) is 0 Å². The molecule has 0 bridgehead atoms. The summed E-state index contributed by atoms with van der Waals surface area (Å²) in [6, 6.07) is 7.84. The van der Waals surface area contributed by atoms with Crippen molar-refractivity contribution in [3.8, 4) is 17.0 Å². The van der Waals surface area contributed by atoms with Gasteiger partial charge in [0.1, 0.15) is 10.6 Å². The minimum absolute atomic E-state index is 0.168. The molecule has 0 unspecified atom stereocenters. The topological polar surface area (TPSA) is 67.3 Å². The summed E-state index contributed by atoms with van der Waals surface area (Å²) >= 11 is 4.36. The summed E-state index contributed by atoms with van der Waals surface area (Å²) < 4.78 is 6.45. The first kappa shape index (κ1) is 18.9. The highest BCUT2D eigenvalue weighted by Crippen LogP contribution is 2.35. The zero-order valence-electron chi connectivity index (χ0n) is 15.8. The molecule has 0 saturated heterocycles. The van der Waals surface area contributed by atoms with Crippen LogP contribution in [0.2, 0.25) is 0 Å². The molecule has 3 heterocycles. The Bertz CT molecular complexity index is 1130. The van der Waals surface area contributed by atoms with Crippen molar-refractivity contribution < 1.29 is 9.53 Å². The molecule has 3 aromatic heterocycles.